The highest BCUT2D eigenvalue weighted by atomic mass is 35.5. The third-order valence-corrected chi connectivity index (χ3v) is 4.99. The van der Waals surface area contributed by atoms with Crippen LogP contribution >= 0.6 is 11.6 Å². The van der Waals surface area contributed by atoms with E-state index in [0.717, 1.165) is 16.9 Å². The highest BCUT2D eigenvalue weighted by Crippen LogP contribution is 2.35. The zero-order chi connectivity index (χ0) is 23.9. The van der Waals surface area contributed by atoms with Crippen LogP contribution in [0.1, 0.15) is 35.3 Å². The summed E-state index contributed by atoms with van der Waals surface area (Å²) in [6.45, 7) is 1.82. The van der Waals surface area contributed by atoms with Crippen LogP contribution in [0.2, 0.25) is 5.02 Å². The minimum Gasteiger partial charge on any atom is -0.492 e. The number of hydrogen-bond donors (Lipinski definition) is 2. The first-order valence-electron chi connectivity index (χ1n) is 9.35. The summed E-state index contributed by atoms with van der Waals surface area (Å²) in [7, 11) is 0. The van der Waals surface area contributed by atoms with E-state index in [2.05, 4.69) is 24.9 Å². The molecule has 2 N–H and O–H groups in total. The van der Waals surface area contributed by atoms with Gasteiger partial charge in [0.2, 0.25) is 5.88 Å². The normalized spacial score (nSPS) is 12.8. The Kier molecular flexibility index (Phi) is 5.57. The fourth-order valence-electron chi connectivity index (χ4n) is 3.30. The number of aromatic carboxylic acids is 1. The maximum absolute atomic E-state index is 12.5. The van der Waals surface area contributed by atoms with Gasteiger partial charge in [0, 0.05) is 6.20 Å². The number of rotatable bonds is 6. The Morgan fingerprint density at radius 3 is 2.61 bits per heavy atom. The van der Waals surface area contributed by atoms with E-state index in [1.165, 1.54) is 29.2 Å². The van der Waals surface area contributed by atoms with Crippen molar-refractivity contribution in [1.29, 1.82) is 0 Å². The Balaban J connectivity index is 1.72. The second-order valence-electron chi connectivity index (χ2n) is 6.81. The monoisotopic (exact) mass is 482 g/mol. The predicted molar refractivity (Wildman–Crippen MR) is 108 cm³/mol. The molecule has 4 aromatic rings. The number of carboxylic acid groups (broad SMARTS) is 1. The van der Waals surface area contributed by atoms with Crippen molar-refractivity contribution in [1.82, 2.24) is 29.5 Å². The number of fused-ring (bicyclic) bond motifs is 1. The number of halogens is 4. The van der Waals surface area contributed by atoms with E-state index in [-0.39, 0.29) is 27.6 Å². The summed E-state index contributed by atoms with van der Waals surface area (Å²) in [6.07, 6.45) is -0.773. The number of aromatic nitrogens is 6. The third-order valence-electron chi connectivity index (χ3n) is 4.70. The van der Waals surface area contributed by atoms with Gasteiger partial charge in [0.1, 0.15) is 16.8 Å². The molecule has 0 saturated carbocycles. The van der Waals surface area contributed by atoms with Gasteiger partial charge in [-0.25, -0.2) is 14.5 Å². The highest BCUT2D eigenvalue weighted by molar-refractivity contribution is 6.32. The average molecular weight is 483 g/mol. The fourth-order valence-corrected chi connectivity index (χ4v) is 3.52. The summed E-state index contributed by atoms with van der Waals surface area (Å²) in [4.78, 5) is 19.3. The van der Waals surface area contributed by atoms with E-state index >= 15 is 0 Å². The lowest BCUT2D eigenvalue weighted by atomic mass is 10.0. The van der Waals surface area contributed by atoms with Gasteiger partial charge in [0.05, 0.1) is 29.0 Å². The number of aromatic hydroxyl groups is 1. The fraction of sp³-hybridized carbons (Fsp3) is 0.211. The molecule has 33 heavy (non-hydrogen) atoms. The average Bonchev–Trinajstić information content (AvgIpc) is 3.38. The number of ether oxygens (including phenoxy) is 1. The second-order valence-corrected chi connectivity index (χ2v) is 7.22. The molecule has 4 rings (SSSR count). The smallest absolute Gasteiger partial charge is 0.492 e. The van der Waals surface area contributed by atoms with Gasteiger partial charge in [-0.1, -0.05) is 24.6 Å². The number of carbonyl (C=O) groups is 1. The predicted octanol–water partition coefficient (Wildman–Crippen LogP) is 3.97. The van der Waals surface area contributed by atoms with E-state index in [1.54, 1.807) is 0 Å². The second kappa shape index (κ2) is 8.24. The van der Waals surface area contributed by atoms with Crippen LogP contribution in [0.5, 0.6) is 11.6 Å². The lowest BCUT2D eigenvalue weighted by molar-refractivity contribution is -0.274. The molecular formula is C19H14ClF3N6O4. The number of nitrogens with zero attached hydrogens (tertiary/aromatic N) is 6. The van der Waals surface area contributed by atoms with Crippen molar-refractivity contribution in [2.24, 2.45) is 0 Å². The van der Waals surface area contributed by atoms with Crippen molar-refractivity contribution in [2.45, 2.75) is 25.7 Å². The van der Waals surface area contributed by atoms with Gasteiger partial charge in [-0.2, -0.15) is 15.2 Å². The van der Waals surface area contributed by atoms with E-state index in [9.17, 15) is 23.1 Å². The molecule has 0 spiro atoms. The number of benzene rings is 1. The first kappa shape index (κ1) is 22.3. The number of hydrogen-bond acceptors (Lipinski definition) is 7. The van der Waals surface area contributed by atoms with E-state index < -0.39 is 30.0 Å². The molecule has 0 amide bonds. The summed E-state index contributed by atoms with van der Waals surface area (Å²) >= 11 is 5.98. The number of alkyl halides is 3. The molecular weight excluding hydrogens is 469 g/mol. The molecule has 0 fully saturated rings. The molecule has 1 atom stereocenters. The minimum absolute atomic E-state index is 0.0724. The lowest BCUT2D eigenvalue weighted by Crippen LogP contribution is -2.17. The summed E-state index contributed by atoms with van der Waals surface area (Å²) < 4.78 is 44.0. The Bertz CT molecular complexity index is 1350. The highest BCUT2D eigenvalue weighted by Gasteiger charge is 2.32. The SMILES string of the molecule is CC[C@@H](c1ccc(OC(F)(F)F)c(Cl)c1)n1ncc2nc(-n3cc(C(=O)O)cn3)nc(O)c21. The molecule has 10 nitrogen and oxygen atoms in total. The van der Waals surface area contributed by atoms with E-state index in [0.29, 0.717) is 12.0 Å². The molecule has 3 aromatic heterocycles. The topological polar surface area (TPSA) is 128 Å². The quantitative estimate of drug-likeness (QED) is 0.422. The Morgan fingerprint density at radius 2 is 2.00 bits per heavy atom. The number of carboxylic acids is 1. The van der Waals surface area contributed by atoms with Gasteiger partial charge in [-0.3, -0.25) is 4.68 Å². The van der Waals surface area contributed by atoms with Crippen molar-refractivity contribution in [3.63, 3.8) is 0 Å². The molecule has 0 aliphatic heterocycles. The lowest BCUT2D eigenvalue weighted by Gasteiger charge is -2.19. The van der Waals surface area contributed by atoms with Crippen LogP contribution in [0.3, 0.4) is 0 Å². The Hall–Kier alpha value is -3.87. The van der Waals surface area contributed by atoms with Gasteiger partial charge >= 0.3 is 12.3 Å². The Labute approximate surface area is 187 Å². The van der Waals surface area contributed by atoms with Crippen LogP contribution in [0.15, 0.2) is 36.8 Å². The van der Waals surface area contributed by atoms with Gasteiger partial charge in [0.15, 0.2) is 0 Å². The third kappa shape index (κ3) is 4.39. The van der Waals surface area contributed by atoms with Crippen LogP contribution in [-0.4, -0.2) is 52.1 Å². The maximum Gasteiger partial charge on any atom is 0.573 e. The van der Waals surface area contributed by atoms with Crippen molar-refractivity contribution >= 4 is 28.6 Å². The van der Waals surface area contributed by atoms with Crippen LogP contribution in [0.25, 0.3) is 17.0 Å². The first-order chi connectivity index (χ1) is 15.6. The largest absolute Gasteiger partial charge is 0.573 e. The minimum atomic E-state index is -4.88. The van der Waals surface area contributed by atoms with Gasteiger partial charge in [-0.15, -0.1) is 13.2 Å². The molecule has 3 heterocycles. The molecule has 172 valence electrons. The molecule has 0 unspecified atom stereocenters. The first-order valence-corrected chi connectivity index (χ1v) is 9.73. The summed E-state index contributed by atoms with van der Waals surface area (Å²) in [5, 5.41) is 27.5. The molecule has 0 aliphatic rings. The molecule has 0 saturated heterocycles. The zero-order valence-corrected chi connectivity index (χ0v) is 17.4. The van der Waals surface area contributed by atoms with Gasteiger partial charge < -0.3 is 14.9 Å². The van der Waals surface area contributed by atoms with Gasteiger partial charge in [-0.05, 0) is 24.1 Å². The molecule has 0 radical (unpaired) electrons. The van der Waals surface area contributed by atoms with Crippen LogP contribution in [0.4, 0.5) is 13.2 Å². The van der Waals surface area contributed by atoms with Crippen molar-refractivity contribution in [2.75, 3.05) is 0 Å². The molecule has 0 bridgehead atoms. The van der Waals surface area contributed by atoms with Crippen molar-refractivity contribution in [3.8, 4) is 17.6 Å². The molecule has 14 heteroatoms. The maximum atomic E-state index is 12.5. The van der Waals surface area contributed by atoms with Crippen LogP contribution in [-0.2, 0) is 0 Å². The summed E-state index contributed by atoms with van der Waals surface area (Å²) in [5.41, 5.74) is 0.841. The molecule has 1 aromatic carbocycles. The van der Waals surface area contributed by atoms with E-state index in [4.69, 9.17) is 16.7 Å². The summed E-state index contributed by atoms with van der Waals surface area (Å²) in [5.74, 6) is -2.24. The zero-order valence-electron chi connectivity index (χ0n) is 16.7. The van der Waals surface area contributed by atoms with E-state index in [1.807, 2.05) is 6.92 Å². The Morgan fingerprint density at radius 1 is 1.24 bits per heavy atom. The van der Waals surface area contributed by atoms with Gasteiger partial charge in [0.25, 0.3) is 5.95 Å². The summed E-state index contributed by atoms with van der Waals surface area (Å²) in [6, 6.07) is 3.32. The van der Waals surface area contributed by atoms with Crippen LogP contribution < -0.4 is 4.74 Å². The molecule has 0 aliphatic carbocycles. The van der Waals surface area contributed by atoms with Crippen LogP contribution in [0, 0.1) is 0 Å². The standard InChI is InChI=1S/C19H14ClF3N6O4/c1-2-13(9-3-4-14(11(20)5-9)33-19(21,22)23)29-15-12(7-25-29)26-18(27-16(15)30)28-8-10(6-24-28)17(31)32/h3-8,13H,2H2,1H3,(H,31,32)(H,26,27,30)/t13-/m0/s1. The van der Waals surface area contributed by atoms with Crippen molar-refractivity contribution in [3.05, 3.63) is 52.9 Å². The van der Waals surface area contributed by atoms with Crippen molar-refractivity contribution < 1.29 is 32.9 Å².